The molecule has 252 valence electrons. The standard InChI is InChI=1S/C37H46FN9O/c1-25-36(44(3)42-41-25)27-23-33-35(39-24-27)30-8-9-34(46-14-10-28(11-15-46)45-18-16-43(2)17-19-45)40-37(30)47(33)32(22-26-12-20-48-21-13-26)29-6-4-5-7-31(29)38/h4-9,23-24,26,28,32H,10-22H2,1-3H3. The molecule has 0 bridgehead atoms. The molecule has 3 aliphatic rings. The minimum Gasteiger partial charge on any atom is -0.381 e. The molecule has 0 saturated carbocycles. The first-order chi connectivity index (χ1) is 23.4. The summed E-state index contributed by atoms with van der Waals surface area (Å²) < 4.78 is 25.7. The first kappa shape index (κ1) is 31.3. The number of pyridine rings is 2. The van der Waals surface area contributed by atoms with Crippen LogP contribution in [-0.2, 0) is 11.8 Å². The van der Waals surface area contributed by atoms with Gasteiger partial charge in [0.15, 0.2) is 0 Å². The molecule has 1 aromatic carbocycles. The van der Waals surface area contributed by atoms with Crippen molar-refractivity contribution in [1.29, 1.82) is 0 Å². The molecule has 8 rings (SSSR count). The molecule has 11 heteroatoms. The second kappa shape index (κ2) is 13.2. The van der Waals surface area contributed by atoms with Gasteiger partial charge >= 0.3 is 0 Å². The lowest BCUT2D eigenvalue weighted by Gasteiger charge is -2.42. The van der Waals surface area contributed by atoms with Gasteiger partial charge in [-0.1, -0.05) is 23.4 Å². The summed E-state index contributed by atoms with van der Waals surface area (Å²) >= 11 is 0. The maximum Gasteiger partial charge on any atom is 0.145 e. The van der Waals surface area contributed by atoms with Crippen LogP contribution in [0.4, 0.5) is 10.2 Å². The van der Waals surface area contributed by atoms with Crippen LogP contribution in [0.5, 0.6) is 0 Å². The number of piperidine rings is 1. The molecule has 7 heterocycles. The number of anilines is 1. The Morgan fingerprint density at radius 3 is 2.44 bits per heavy atom. The lowest BCUT2D eigenvalue weighted by atomic mass is 9.89. The molecule has 3 saturated heterocycles. The number of rotatable bonds is 7. The maximum absolute atomic E-state index is 15.9. The van der Waals surface area contributed by atoms with Crippen molar-refractivity contribution < 1.29 is 9.13 Å². The lowest BCUT2D eigenvalue weighted by Crippen LogP contribution is -2.52. The Hall–Kier alpha value is -3.93. The molecule has 1 atom stereocenters. The van der Waals surface area contributed by atoms with Gasteiger partial charge in [-0.25, -0.2) is 14.1 Å². The highest BCUT2D eigenvalue weighted by Gasteiger charge is 2.31. The maximum atomic E-state index is 15.9. The third kappa shape index (κ3) is 5.86. The van der Waals surface area contributed by atoms with E-state index < -0.39 is 0 Å². The number of likely N-dealkylation sites (N-methyl/N-ethyl adjacent to an activating group) is 1. The molecule has 3 fully saturated rings. The van der Waals surface area contributed by atoms with E-state index in [2.05, 4.69) is 54.8 Å². The smallest absolute Gasteiger partial charge is 0.145 e. The Morgan fingerprint density at radius 1 is 0.938 bits per heavy atom. The molecule has 4 aromatic heterocycles. The SMILES string of the molecule is Cc1nnn(C)c1-c1cnc2c3ccc(N4CCC(N5CCN(C)CC5)CC4)nc3n(C(CC3CCOCC3)c3ccccc3F)c2c1. The van der Waals surface area contributed by atoms with Crippen LogP contribution in [0.1, 0.15) is 49.4 Å². The van der Waals surface area contributed by atoms with Crippen molar-refractivity contribution in [3.8, 4) is 11.3 Å². The number of fused-ring (bicyclic) bond motifs is 3. The van der Waals surface area contributed by atoms with Gasteiger partial charge in [-0.05, 0) is 76.3 Å². The van der Waals surface area contributed by atoms with Crippen molar-refractivity contribution in [1.82, 2.24) is 39.3 Å². The summed E-state index contributed by atoms with van der Waals surface area (Å²) in [5.41, 5.74) is 6.06. The highest BCUT2D eigenvalue weighted by molar-refractivity contribution is 6.05. The van der Waals surface area contributed by atoms with Gasteiger partial charge in [0.25, 0.3) is 0 Å². The monoisotopic (exact) mass is 651 g/mol. The van der Waals surface area contributed by atoms with Crippen LogP contribution in [0.25, 0.3) is 33.3 Å². The van der Waals surface area contributed by atoms with Gasteiger partial charge in [0, 0.05) is 88.3 Å². The number of hydrogen-bond acceptors (Lipinski definition) is 8. The van der Waals surface area contributed by atoms with Crippen LogP contribution >= 0.6 is 0 Å². The molecular weight excluding hydrogens is 605 g/mol. The molecule has 48 heavy (non-hydrogen) atoms. The van der Waals surface area contributed by atoms with Gasteiger partial charge in [-0.15, -0.1) is 5.10 Å². The Morgan fingerprint density at radius 2 is 1.71 bits per heavy atom. The number of aromatic nitrogens is 6. The number of piperazine rings is 1. The number of nitrogens with zero attached hydrogens (tertiary/aromatic N) is 9. The molecule has 0 N–H and O–H groups in total. The first-order valence-electron chi connectivity index (χ1n) is 17.6. The van der Waals surface area contributed by atoms with E-state index in [1.54, 1.807) is 16.8 Å². The predicted molar refractivity (Wildman–Crippen MR) is 187 cm³/mol. The zero-order chi connectivity index (χ0) is 32.8. The van der Waals surface area contributed by atoms with Gasteiger partial charge in [0.2, 0.25) is 0 Å². The summed E-state index contributed by atoms with van der Waals surface area (Å²) in [6.07, 6.45) is 6.90. The van der Waals surface area contributed by atoms with Gasteiger partial charge in [0.1, 0.15) is 17.3 Å². The number of ether oxygens (including phenoxy) is 1. The van der Waals surface area contributed by atoms with Crippen molar-refractivity contribution >= 4 is 27.9 Å². The van der Waals surface area contributed by atoms with Crippen molar-refractivity contribution in [2.75, 3.05) is 64.4 Å². The van der Waals surface area contributed by atoms with Gasteiger partial charge in [-0.2, -0.15) is 0 Å². The molecule has 0 aliphatic carbocycles. The van der Waals surface area contributed by atoms with Crippen molar-refractivity contribution in [3.63, 3.8) is 0 Å². The summed E-state index contributed by atoms with van der Waals surface area (Å²) in [6.45, 7) is 10.0. The highest BCUT2D eigenvalue weighted by Crippen LogP contribution is 2.40. The van der Waals surface area contributed by atoms with Crippen LogP contribution in [0.3, 0.4) is 0 Å². The largest absolute Gasteiger partial charge is 0.381 e. The Balaban J connectivity index is 1.24. The van der Waals surface area contributed by atoms with E-state index in [9.17, 15) is 0 Å². The van der Waals surface area contributed by atoms with Crippen molar-refractivity contribution in [2.45, 2.75) is 51.1 Å². The second-order valence-electron chi connectivity index (χ2n) is 14.0. The summed E-state index contributed by atoms with van der Waals surface area (Å²) in [5, 5.41) is 9.55. The van der Waals surface area contributed by atoms with Crippen LogP contribution in [0.2, 0.25) is 0 Å². The number of hydrogen-bond donors (Lipinski definition) is 0. The van der Waals surface area contributed by atoms with E-state index in [0.717, 1.165) is 129 Å². The van der Waals surface area contributed by atoms with Gasteiger partial charge in [-0.3, -0.25) is 9.88 Å². The summed E-state index contributed by atoms with van der Waals surface area (Å²) in [6, 6.07) is 14.1. The molecule has 5 aromatic rings. The molecular formula is C37H46FN9O. The normalized spacial score (nSPS) is 19.9. The second-order valence-corrected chi connectivity index (χ2v) is 14.0. The fraction of sp³-hybridized carbons (Fsp3) is 0.514. The lowest BCUT2D eigenvalue weighted by molar-refractivity contribution is 0.0608. The topological polar surface area (TPSA) is 80.4 Å². The third-order valence-electron chi connectivity index (χ3n) is 11.1. The first-order valence-corrected chi connectivity index (χ1v) is 17.6. The van der Waals surface area contributed by atoms with E-state index in [0.29, 0.717) is 17.5 Å². The average molecular weight is 652 g/mol. The Bertz CT molecular complexity index is 1880. The minimum atomic E-state index is -0.261. The Labute approximate surface area is 281 Å². The number of aryl methyl sites for hydroxylation is 2. The van der Waals surface area contributed by atoms with Gasteiger partial charge < -0.3 is 19.1 Å². The quantitative estimate of drug-likeness (QED) is 0.230. The zero-order valence-electron chi connectivity index (χ0n) is 28.4. The minimum absolute atomic E-state index is 0.192. The van der Waals surface area contributed by atoms with Crippen molar-refractivity contribution in [3.05, 3.63) is 65.7 Å². The highest BCUT2D eigenvalue weighted by atomic mass is 19.1. The number of benzene rings is 1. The fourth-order valence-corrected chi connectivity index (χ4v) is 8.30. The van der Waals surface area contributed by atoms with Crippen LogP contribution in [0.15, 0.2) is 48.7 Å². The average Bonchev–Trinajstić information content (AvgIpc) is 3.63. The summed E-state index contributed by atoms with van der Waals surface area (Å²) in [7, 11) is 4.12. The van der Waals surface area contributed by atoms with Crippen LogP contribution < -0.4 is 4.90 Å². The molecule has 0 spiro atoms. The van der Waals surface area contributed by atoms with Crippen LogP contribution in [0, 0.1) is 18.7 Å². The Kier molecular flexibility index (Phi) is 8.60. The molecule has 10 nitrogen and oxygen atoms in total. The van der Waals surface area contributed by atoms with E-state index in [1.165, 1.54) is 0 Å². The fourth-order valence-electron chi connectivity index (χ4n) is 8.30. The van der Waals surface area contributed by atoms with E-state index >= 15 is 4.39 Å². The van der Waals surface area contributed by atoms with Crippen LogP contribution in [-0.4, -0.2) is 105 Å². The van der Waals surface area contributed by atoms with Crippen molar-refractivity contribution in [2.24, 2.45) is 13.0 Å². The summed E-state index contributed by atoms with van der Waals surface area (Å²) in [4.78, 5) is 18.0. The predicted octanol–water partition coefficient (Wildman–Crippen LogP) is 5.45. The number of halogens is 1. The molecule has 0 radical (unpaired) electrons. The molecule has 3 aliphatic heterocycles. The van der Waals surface area contributed by atoms with Gasteiger partial charge in [0.05, 0.1) is 28.5 Å². The molecule has 0 amide bonds. The zero-order valence-corrected chi connectivity index (χ0v) is 28.4. The third-order valence-corrected chi connectivity index (χ3v) is 11.1. The summed E-state index contributed by atoms with van der Waals surface area (Å²) in [5.74, 6) is 1.20. The van der Waals surface area contributed by atoms with E-state index in [-0.39, 0.29) is 11.9 Å². The molecule has 1 unspecified atom stereocenters. The van der Waals surface area contributed by atoms with E-state index in [1.807, 2.05) is 32.3 Å². The van der Waals surface area contributed by atoms with E-state index in [4.69, 9.17) is 14.7 Å².